The Balaban J connectivity index is 2.15. The monoisotopic (exact) mass is 461 g/mol. The van der Waals surface area contributed by atoms with Gasteiger partial charge in [-0.3, -0.25) is 0 Å². The van der Waals surface area contributed by atoms with E-state index in [0.29, 0.717) is 18.8 Å². The minimum Gasteiger partial charge on any atom is -0.492 e. The maximum atomic E-state index is 11.1. The molecule has 0 saturated heterocycles. The van der Waals surface area contributed by atoms with Crippen molar-refractivity contribution in [3.05, 3.63) is 55.4 Å². The lowest BCUT2D eigenvalue weighted by atomic mass is 10.1. The normalized spacial score (nSPS) is 10.4. The van der Waals surface area contributed by atoms with Gasteiger partial charge in [0, 0.05) is 12.2 Å². The van der Waals surface area contributed by atoms with Crippen LogP contribution in [0.5, 0.6) is 5.75 Å². The molecule has 7 heteroatoms. The van der Waals surface area contributed by atoms with Crippen LogP contribution in [-0.2, 0) is 6.54 Å². The zero-order valence-electron chi connectivity index (χ0n) is 12.2. The number of rotatable bonds is 6. The van der Waals surface area contributed by atoms with Gasteiger partial charge in [0.05, 0.1) is 26.1 Å². The second-order valence-electron chi connectivity index (χ2n) is 4.67. The Bertz CT molecular complexity index is 714. The van der Waals surface area contributed by atoms with Crippen molar-refractivity contribution in [2.45, 2.75) is 13.5 Å². The van der Waals surface area contributed by atoms with Gasteiger partial charge in [0.15, 0.2) is 0 Å². The molecular formula is C16H14Br2ClNO3. The lowest BCUT2D eigenvalue weighted by Gasteiger charge is -2.12. The van der Waals surface area contributed by atoms with Crippen LogP contribution in [-0.4, -0.2) is 17.7 Å². The van der Waals surface area contributed by atoms with Crippen molar-refractivity contribution in [3.8, 4) is 5.75 Å². The number of benzene rings is 2. The van der Waals surface area contributed by atoms with Gasteiger partial charge in [0.1, 0.15) is 5.75 Å². The number of nitrogens with one attached hydrogen (secondary N) is 1. The van der Waals surface area contributed by atoms with Crippen molar-refractivity contribution < 1.29 is 14.6 Å². The smallest absolute Gasteiger partial charge is 0.337 e. The van der Waals surface area contributed by atoms with Crippen LogP contribution in [0.15, 0.2) is 39.3 Å². The molecule has 0 aliphatic rings. The van der Waals surface area contributed by atoms with Gasteiger partial charge in [-0.2, -0.15) is 0 Å². The second-order valence-corrected chi connectivity index (χ2v) is 6.79. The first kappa shape index (κ1) is 18.1. The van der Waals surface area contributed by atoms with Gasteiger partial charge in [-0.25, -0.2) is 4.79 Å². The molecule has 2 rings (SSSR count). The van der Waals surface area contributed by atoms with Gasteiger partial charge in [-0.15, -0.1) is 0 Å². The largest absolute Gasteiger partial charge is 0.492 e. The fourth-order valence-corrected chi connectivity index (χ4v) is 3.71. The highest BCUT2D eigenvalue weighted by Crippen LogP contribution is 2.35. The maximum absolute atomic E-state index is 11.1. The predicted octanol–water partition coefficient (Wildman–Crippen LogP) is 5.57. The molecule has 0 fully saturated rings. The van der Waals surface area contributed by atoms with Crippen molar-refractivity contribution in [2.24, 2.45) is 0 Å². The average molecular weight is 464 g/mol. The molecule has 0 heterocycles. The van der Waals surface area contributed by atoms with Crippen molar-refractivity contribution in [2.75, 3.05) is 11.9 Å². The number of aromatic carboxylic acids is 1. The van der Waals surface area contributed by atoms with E-state index in [4.69, 9.17) is 21.4 Å². The summed E-state index contributed by atoms with van der Waals surface area (Å²) in [6.45, 7) is 3.04. The van der Waals surface area contributed by atoms with E-state index < -0.39 is 5.97 Å². The average Bonchev–Trinajstić information content (AvgIpc) is 2.50. The van der Waals surface area contributed by atoms with Crippen molar-refractivity contribution in [1.82, 2.24) is 0 Å². The molecule has 23 heavy (non-hydrogen) atoms. The minimum absolute atomic E-state index is 0.0747. The molecule has 0 unspecified atom stereocenters. The zero-order valence-corrected chi connectivity index (χ0v) is 16.1. The SMILES string of the molecule is CCOc1c(Br)cc(CNc2ccc(Cl)c(C(=O)O)c2)cc1Br. The van der Waals surface area contributed by atoms with E-state index >= 15 is 0 Å². The van der Waals surface area contributed by atoms with Crippen LogP contribution >= 0.6 is 43.5 Å². The molecule has 2 aromatic rings. The van der Waals surface area contributed by atoms with Crippen LogP contribution in [0, 0.1) is 0 Å². The van der Waals surface area contributed by atoms with Crippen molar-refractivity contribution in [3.63, 3.8) is 0 Å². The van der Waals surface area contributed by atoms with E-state index in [2.05, 4.69) is 37.2 Å². The van der Waals surface area contributed by atoms with E-state index in [1.807, 2.05) is 19.1 Å². The van der Waals surface area contributed by atoms with Gasteiger partial charge in [0.2, 0.25) is 0 Å². The summed E-state index contributed by atoms with van der Waals surface area (Å²) < 4.78 is 7.26. The fraction of sp³-hybridized carbons (Fsp3) is 0.188. The second kappa shape index (κ2) is 8.04. The molecule has 4 nitrogen and oxygen atoms in total. The molecule has 122 valence electrons. The lowest BCUT2D eigenvalue weighted by molar-refractivity contribution is 0.0697. The molecule has 0 amide bonds. The zero-order chi connectivity index (χ0) is 17.0. The predicted molar refractivity (Wildman–Crippen MR) is 98.7 cm³/mol. The summed E-state index contributed by atoms with van der Waals surface area (Å²) in [6.07, 6.45) is 0. The number of hydrogen-bond acceptors (Lipinski definition) is 3. The summed E-state index contributed by atoms with van der Waals surface area (Å²) in [6, 6.07) is 8.74. The molecule has 0 atom stereocenters. The van der Waals surface area contributed by atoms with Crippen LogP contribution < -0.4 is 10.1 Å². The molecular weight excluding hydrogens is 449 g/mol. The molecule has 2 aromatic carbocycles. The van der Waals surface area contributed by atoms with Crippen LogP contribution in [0.3, 0.4) is 0 Å². The number of carbonyl (C=O) groups is 1. The Kier molecular flexibility index (Phi) is 6.33. The molecule has 0 bridgehead atoms. The Hall–Kier alpha value is -1.24. The molecule has 2 N–H and O–H groups in total. The number of carboxylic acids is 1. The number of carboxylic acid groups (broad SMARTS) is 1. The topological polar surface area (TPSA) is 58.6 Å². The first-order chi connectivity index (χ1) is 10.9. The molecule has 0 aliphatic heterocycles. The molecule has 0 saturated carbocycles. The highest BCUT2D eigenvalue weighted by molar-refractivity contribution is 9.11. The van der Waals surface area contributed by atoms with E-state index in [1.54, 1.807) is 12.1 Å². The van der Waals surface area contributed by atoms with Crippen LogP contribution in [0.25, 0.3) is 0 Å². The Morgan fingerprint density at radius 3 is 2.48 bits per heavy atom. The van der Waals surface area contributed by atoms with Crippen molar-refractivity contribution in [1.29, 1.82) is 0 Å². The minimum atomic E-state index is -1.05. The first-order valence-electron chi connectivity index (χ1n) is 6.79. The Morgan fingerprint density at radius 2 is 1.91 bits per heavy atom. The van der Waals surface area contributed by atoms with Gasteiger partial charge in [-0.1, -0.05) is 11.6 Å². The number of ether oxygens (including phenoxy) is 1. The summed E-state index contributed by atoms with van der Waals surface area (Å²) in [4.78, 5) is 11.1. The lowest BCUT2D eigenvalue weighted by Crippen LogP contribution is -2.03. The molecule has 0 radical (unpaired) electrons. The van der Waals surface area contributed by atoms with Gasteiger partial charge >= 0.3 is 5.97 Å². The number of anilines is 1. The van der Waals surface area contributed by atoms with E-state index in [9.17, 15) is 4.79 Å². The summed E-state index contributed by atoms with van der Waals surface area (Å²) in [5.41, 5.74) is 1.78. The standard InChI is InChI=1S/C16H14Br2ClNO3/c1-2-23-15-12(17)5-9(6-13(15)18)8-20-10-3-4-14(19)11(7-10)16(21)22/h3-7,20H,2,8H2,1H3,(H,21,22). The van der Waals surface area contributed by atoms with Crippen molar-refractivity contribution >= 4 is 55.1 Å². The Labute approximate surface area is 156 Å². The number of hydrogen-bond donors (Lipinski definition) is 2. The van der Waals surface area contributed by atoms with E-state index in [1.165, 1.54) is 6.07 Å². The highest BCUT2D eigenvalue weighted by Gasteiger charge is 2.11. The molecule has 0 spiro atoms. The third-order valence-corrected chi connectivity index (χ3v) is 4.55. The third-order valence-electron chi connectivity index (χ3n) is 3.04. The molecule has 0 aromatic heterocycles. The van der Waals surface area contributed by atoms with Crippen LogP contribution in [0.1, 0.15) is 22.8 Å². The van der Waals surface area contributed by atoms with E-state index in [-0.39, 0.29) is 10.6 Å². The van der Waals surface area contributed by atoms with Crippen LogP contribution in [0.4, 0.5) is 5.69 Å². The quantitative estimate of drug-likeness (QED) is 0.588. The molecule has 0 aliphatic carbocycles. The number of halogens is 3. The summed E-state index contributed by atoms with van der Waals surface area (Å²) >= 11 is 12.8. The Morgan fingerprint density at radius 1 is 1.26 bits per heavy atom. The van der Waals surface area contributed by atoms with Gasteiger partial charge < -0.3 is 15.2 Å². The summed E-state index contributed by atoms with van der Waals surface area (Å²) in [7, 11) is 0. The highest BCUT2D eigenvalue weighted by atomic mass is 79.9. The fourth-order valence-electron chi connectivity index (χ4n) is 2.00. The summed E-state index contributed by atoms with van der Waals surface area (Å²) in [5, 5.41) is 12.5. The van der Waals surface area contributed by atoms with Gasteiger partial charge in [0.25, 0.3) is 0 Å². The van der Waals surface area contributed by atoms with E-state index in [0.717, 1.165) is 20.3 Å². The van der Waals surface area contributed by atoms with Gasteiger partial charge in [-0.05, 0) is 74.7 Å². The first-order valence-corrected chi connectivity index (χ1v) is 8.76. The summed E-state index contributed by atoms with van der Waals surface area (Å²) in [5.74, 6) is -0.291. The van der Waals surface area contributed by atoms with Crippen LogP contribution in [0.2, 0.25) is 5.02 Å². The maximum Gasteiger partial charge on any atom is 0.337 e. The third kappa shape index (κ3) is 4.62.